The zero-order valence-electron chi connectivity index (χ0n) is 33.7. The number of Topliss-reactive ketones (excluding diaryl/α,β-unsaturated/α-hetero) is 2. The fourth-order valence-electron chi connectivity index (χ4n) is 7.39. The number of aromatic nitrogens is 1. The van der Waals surface area contributed by atoms with Crippen LogP contribution in [0.15, 0.2) is 46.5 Å². The van der Waals surface area contributed by atoms with Crippen molar-refractivity contribution in [3.63, 3.8) is 0 Å². The third kappa shape index (κ3) is 9.84. The van der Waals surface area contributed by atoms with E-state index >= 15 is 0 Å². The van der Waals surface area contributed by atoms with Crippen molar-refractivity contribution in [2.24, 2.45) is 33.7 Å². The molecule has 5 atom stereocenters. The van der Waals surface area contributed by atoms with Crippen molar-refractivity contribution in [3.8, 4) is 0 Å². The average Bonchev–Trinajstić information content (AvgIpc) is 3.65. The van der Waals surface area contributed by atoms with E-state index in [-0.39, 0.29) is 54.2 Å². The van der Waals surface area contributed by atoms with E-state index in [0.717, 1.165) is 16.9 Å². The number of hydrogen-bond acceptors (Lipinski definition) is 10. The molecule has 1 aromatic carbocycles. The lowest BCUT2D eigenvalue weighted by Gasteiger charge is -2.43. The number of amides is 5. The van der Waals surface area contributed by atoms with Gasteiger partial charge in [0.2, 0.25) is 23.7 Å². The van der Waals surface area contributed by atoms with Crippen molar-refractivity contribution >= 4 is 58.9 Å². The fraction of sp³-hybridized carbons (Fsp3) is 0.537. The van der Waals surface area contributed by atoms with Crippen molar-refractivity contribution in [1.82, 2.24) is 25.4 Å². The summed E-state index contributed by atoms with van der Waals surface area (Å²) in [6.07, 6.45) is 4.46. The first-order chi connectivity index (χ1) is 26.5. The van der Waals surface area contributed by atoms with Crippen LogP contribution in [-0.2, 0) is 19.2 Å². The van der Waals surface area contributed by atoms with Crippen molar-refractivity contribution < 1.29 is 28.8 Å². The van der Waals surface area contributed by atoms with E-state index in [2.05, 4.69) is 25.9 Å². The van der Waals surface area contributed by atoms with E-state index in [1.807, 2.05) is 53.7 Å². The number of likely N-dealkylation sites (tertiary alicyclic amines) is 1. The predicted molar refractivity (Wildman–Crippen MR) is 215 cm³/mol. The number of carbonyl (C=O) groups is 6. The molecular weight excluding hydrogens is 715 g/mol. The van der Waals surface area contributed by atoms with Crippen LogP contribution < -0.4 is 20.9 Å². The summed E-state index contributed by atoms with van der Waals surface area (Å²) in [6, 6.07) is 7.31. The number of fused-ring (bicyclic) bond motifs is 1. The summed E-state index contributed by atoms with van der Waals surface area (Å²) in [5, 5.41) is 8.49. The molecule has 4 heterocycles. The standard InChI is InChI=1S/C41H55N9O6/c1-23(2)16-32(27(7)51)46-36(53)21-43-38(54)33-10-9-15-49(33)39(55)31(24(3)4)18-35(52)28-13-11-25(5)34(17-28)50-22-29-19-44-40(47-37(29)48(8)41(50)56)45-30-14-12-26(6)42-20-30/h11-14,17,19-20,23-24,29,31-33,37H,9-10,15-16,18,21-22H2,1-8H3,(H,43,54)(H,45,47)(H,46,53)/t29?,31-,32-,33+,37?/m0/s1. The molecular formula is C41H55N9O6. The van der Waals surface area contributed by atoms with E-state index < -0.39 is 36.0 Å². The topological polar surface area (TPSA) is 186 Å². The number of benzene rings is 1. The van der Waals surface area contributed by atoms with Crippen molar-refractivity contribution in [2.45, 2.75) is 92.4 Å². The molecule has 2 unspecified atom stereocenters. The Labute approximate surface area is 328 Å². The number of hydrogen-bond donors (Lipinski definition) is 3. The molecule has 15 heteroatoms. The first-order valence-corrected chi connectivity index (χ1v) is 19.4. The van der Waals surface area contributed by atoms with Crippen LogP contribution in [0.25, 0.3) is 0 Å². The Morgan fingerprint density at radius 2 is 1.77 bits per heavy atom. The molecule has 1 aromatic heterocycles. The van der Waals surface area contributed by atoms with Crippen molar-refractivity contribution in [2.75, 3.05) is 36.9 Å². The molecule has 5 amide bonds. The molecule has 15 nitrogen and oxygen atoms in total. The molecule has 3 N–H and O–H groups in total. The molecule has 300 valence electrons. The Balaban J connectivity index is 1.23. The van der Waals surface area contributed by atoms with Gasteiger partial charge in [-0.1, -0.05) is 39.8 Å². The number of nitrogens with zero attached hydrogens (tertiary/aromatic N) is 6. The minimum absolute atomic E-state index is 0.0826. The fourth-order valence-corrected chi connectivity index (χ4v) is 7.39. The summed E-state index contributed by atoms with van der Waals surface area (Å²) >= 11 is 0. The Kier molecular flexibility index (Phi) is 13.4. The van der Waals surface area contributed by atoms with E-state index in [9.17, 15) is 28.8 Å². The number of guanidine groups is 1. The summed E-state index contributed by atoms with van der Waals surface area (Å²) < 4.78 is 0. The number of rotatable bonds is 14. The summed E-state index contributed by atoms with van der Waals surface area (Å²) in [5.41, 5.74) is 3.39. The number of urea groups is 1. The van der Waals surface area contributed by atoms with Gasteiger partial charge < -0.3 is 25.8 Å². The molecule has 2 fully saturated rings. The van der Waals surface area contributed by atoms with E-state index in [1.165, 1.54) is 11.8 Å². The van der Waals surface area contributed by atoms with Crippen LogP contribution in [0.1, 0.15) is 81.9 Å². The first-order valence-electron chi connectivity index (χ1n) is 19.4. The number of aryl methyl sites for hydroxylation is 2. The van der Waals surface area contributed by atoms with Gasteiger partial charge in [0.05, 0.1) is 30.4 Å². The molecule has 2 aromatic rings. The molecule has 56 heavy (non-hydrogen) atoms. The molecule has 2 saturated heterocycles. The van der Waals surface area contributed by atoms with E-state index in [4.69, 9.17) is 4.99 Å². The van der Waals surface area contributed by atoms with Gasteiger partial charge in [-0.3, -0.25) is 33.9 Å². The van der Waals surface area contributed by atoms with Gasteiger partial charge in [0, 0.05) is 55.6 Å². The van der Waals surface area contributed by atoms with Gasteiger partial charge in [0.15, 0.2) is 11.6 Å². The second kappa shape index (κ2) is 18.0. The molecule has 3 aliphatic rings. The average molecular weight is 770 g/mol. The number of ketones is 2. The molecule has 0 spiro atoms. The van der Waals surface area contributed by atoms with Crippen LogP contribution in [0.4, 0.5) is 16.2 Å². The maximum atomic E-state index is 14.0. The van der Waals surface area contributed by atoms with Gasteiger partial charge >= 0.3 is 6.03 Å². The lowest BCUT2D eigenvalue weighted by atomic mass is 9.87. The molecule has 0 bridgehead atoms. The first kappa shape index (κ1) is 41.7. The highest BCUT2D eigenvalue weighted by molar-refractivity contribution is 6.04. The third-order valence-electron chi connectivity index (χ3n) is 10.7. The van der Waals surface area contributed by atoms with Gasteiger partial charge in [-0.25, -0.2) is 14.8 Å². The molecule has 3 aliphatic heterocycles. The Bertz CT molecular complexity index is 1890. The third-order valence-corrected chi connectivity index (χ3v) is 10.7. The van der Waals surface area contributed by atoms with Gasteiger partial charge in [-0.2, -0.15) is 0 Å². The Morgan fingerprint density at radius 3 is 2.43 bits per heavy atom. The number of aliphatic imine (C=N–C) groups is 2. The maximum Gasteiger partial charge on any atom is 0.325 e. The minimum atomic E-state index is -0.776. The van der Waals surface area contributed by atoms with E-state index in [0.29, 0.717) is 49.6 Å². The quantitative estimate of drug-likeness (QED) is 0.240. The van der Waals surface area contributed by atoms with Crippen LogP contribution in [-0.4, -0.2) is 107 Å². The van der Waals surface area contributed by atoms with E-state index in [1.54, 1.807) is 47.5 Å². The SMILES string of the molecule is CC(=O)[C@H](CC(C)C)NC(=O)CNC(=O)[C@H]1CCCN1C(=O)[C@@H](CC(=O)c1ccc(C)c(N2CC3C=NC(Nc4ccc(C)nc4)=NC3N(C)C2=O)c1)C(C)C. The second-order valence-electron chi connectivity index (χ2n) is 15.9. The molecule has 0 saturated carbocycles. The zero-order chi connectivity index (χ0) is 40.8. The van der Waals surface area contributed by atoms with Gasteiger partial charge in [0.1, 0.15) is 12.2 Å². The predicted octanol–water partition coefficient (Wildman–Crippen LogP) is 4.14. The minimum Gasteiger partial charge on any atom is -0.345 e. The smallest absolute Gasteiger partial charge is 0.325 e. The van der Waals surface area contributed by atoms with Crippen LogP contribution in [0.3, 0.4) is 0 Å². The monoisotopic (exact) mass is 769 g/mol. The van der Waals surface area contributed by atoms with Crippen LogP contribution in [0.5, 0.6) is 0 Å². The van der Waals surface area contributed by atoms with Crippen LogP contribution in [0.2, 0.25) is 0 Å². The van der Waals surface area contributed by atoms with Crippen LogP contribution in [0, 0.1) is 37.5 Å². The number of nitrogens with one attached hydrogen (secondary N) is 3. The van der Waals surface area contributed by atoms with Gasteiger partial charge in [-0.15, -0.1) is 0 Å². The molecule has 5 rings (SSSR count). The molecule has 0 aliphatic carbocycles. The van der Waals surface area contributed by atoms with Crippen molar-refractivity contribution in [1.29, 1.82) is 0 Å². The van der Waals surface area contributed by atoms with Gasteiger partial charge in [0.25, 0.3) is 0 Å². The molecule has 0 radical (unpaired) electrons. The lowest BCUT2D eigenvalue weighted by Crippen LogP contribution is -2.58. The Morgan fingerprint density at radius 1 is 1.02 bits per heavy atom. The summed E-state index contributed by atoms with van der Waals surface area (Å²) in [4.78, 5) is 97.9. The highest BCUT2D eigenvalue weighted by atomic mass is 16.2. The number of carbonyl (C=O) groups excluding carboxylic acids is 6. The summed E-state index contributed by atoms with van der Waals surface area (Å²) in [5.74, 6) is -2.16. The van der Waals surface area contributed by atoms with Gasteiger partial charge in [-0.05, 0) is 75.6 Å². The number of anilines is 2. The number of pyridine rings is 1. The maximum absolute atomic E-state index is 14.0. The normalized spacial score (nSPS) is 20.4. The van der Waals surface area contributed by atoms with Crippen molar-refractivity contribution in [3.05, 3.63) is 53.3 Å². The van der Waals surface area contributed by atoms with Crippen LogP contribution >= 0.6 is 0 Å². The highest BCUT2D eigenvalue weighted by Crippen LogP contribution is 2.32. The highest BCUT2D eigenvalue weighted by Gasteiger charge is 2.41. The largest absolute Gasteiger partial charge is 0.345 e. The lowest BCUT2D eigenvalue weighted by molar-refractivity contribution is -0.142. The Hall–Kier alpha value is -5.47. The second-order valence-corrected chi connectivity index (χ2v) is 15.9. The summed E-state index contributed by atoms with van der Waals surface area (Å²) in [7, 11) is 1.70. The zero-order valence-corrected chi connectivity index (χ0v) is 33.7. The summed E-state index contributed by atoms with van der Waals surface area (Å²) in [6.45, 7) is 13.2.